The van der Waals surface area contributed by atoms with Crippen LogP contribution < -0.4 is 5.32 Å². The van der Waals surface area contributed by atoms with Gasteiger partial charge in [-0.15, -0.1) is 0 Å². The van der Waals surface area contributed by atoms with Gasteiger partial charge in [-0.1, -0.05) is 13.8 Å². The van der Waals surface area contributed by atoms with E-state index in [4.69, 9.17) is 4.42 Å². The summed E-state index contributed by atoms with van der Waals surface area (Å²) in [6, 6.07) is 3.54. The highest BCUT2D eigenvalue weighted by Gasteiger charge is 2.30. The maximum Gasteiger partial charge on any atom is 0.194 e. The zero-order chi connectivity index (χ0) is 14.6. The van der Waals surface area contributed by atoms with Crippen molar-refractivity contribution in [2.24, 2.45) is 10.4 Å². The number of hydrogen-bond donors (Lipinski definition) is 2. The fraction of sp³-hybridized carbons (Fsp3) is 0.667. The Kier molecular flexibility index (Phi) is 4.70. The molecule has 0 saturated carbocycles. The first-order valence-corrected chi connectivity index (χ1v) is 7.26. The normalized spacial score (nSPS) is 20.2. The van der Waals surface area contributed by atoms with Gasteiger partial charge >= 0.3 is 0 Å². The monoisotopic (exact) mass is 279 g/mol. The quantitative estimate of drug-likeness (QED) is 0.654. The Balaban J connectivity index is 1.99. The third-order valence-electron chi connectivity index (χ3n) is 3.60. The molecule has 2 N–H and O–H groups in total. The van der Waals surface area contributed by atoms with Crippen LogP contribution in [0.25, 0.3) is 0 Å². The zero-order valence-electron chi connectivity index (χ0n) is 12.6. The molecule has 1 unspecified atom stereocenters. The zero-order valence-corrected chi connectivity index (χ0v) is 12.6. The van der Waals surface area contributed by atoms with Gasteiger partial charge in [-0.2, -0.15) is 0 Å². The van der Waals surface area contributed by atoms with E-state index in [1.54, 1.807) is 18.4 Å². The van der Waals surface area contributed by atoms with Crippen LogP contribution in [0.1, 0.15) is 39.1 Å². The molecule has 1 aromatic rings. The van der Waals surface area contributed by atoms with Crippen molar-refractivity contribution < 1.29 is 9.52 Å². The molecule has 112 valence electrons. The van der Waals surface area contributed by atoms with Crippen molar-refractivity contribution in [3.8, 4) is 0 Å². The van der Waals surface area contributed by atoms with E-state index >= 15 is 0 Å². The van der Waals surface area contributed by atoms with Crippen molar-refractivity contribution in [3.63, 3.8) is 0 Å². The van der Waals surface area contributed by atoms with E-state index in [0.717, 1.165) is 32.0 Å². The summed E-state index contributed by atoms with van der Waals surface area (Å²) in [4.78, 5) is 6.80. The Morgan fingerprint density at radius 3 is 2.95 bits per heavy atom. The van der Waals surface area contributed by atoms with Crippen molar-refractivity contribution in [1.82, 2.24) is 10.2 Å². The smallest absolute Gasteiger partial charge is 0.194 e. The van der Waals surface area contributed by atoms with E-state index in [2.05, 4.69) is 36.0 Å². The van der Waals surface area contributed by atoms with Crippen LogP contribution in [0.5, 0.6) is 0 Å². The van der Waals surface area contributed by atoms with E-state index in [-0.39, 0.29) is 0 Å². The third-order valence-corrected chi connectivity index (χ3v) is 3.60. The van der Waals surface area contributed by atoms with Crippen LogP contribution >= 0.6 is 0 Å². The highest BCUT2D eigenvalue weighted by Crippen LogP contribution is 2.28. The summed E-state index contributed by atoms with van der Waals surface area (Å²) in [6.07, 6.45) is 2.04. The number of guanidine groups is 1. The molecule has 0 aliphatic carbocycles. The molecule has 1 aliphatic rings. The molecule has 1 fully saturated rings. The van der Waals surface area contributed by atoms with E-state index < -0.39 is 6.10 Å². The molecule has 20 heavy (non-hydrogen) atoms. The molecule has 0 spiro atoms. The Bertz CT molecular complexity index is 440. The number of furan rings is 1. The minimum atomic E-state index is -0.686. The topological polar surface area (TPSA) is 61.0 Å². The second kappa shape index (κ2) is 6.31. The molecule has 2 rings (SSSR count). The van der Waals surface area contributed by atoms with Crippen LogP contribution in [0.2, 0.25) is 0 Å². The Morgan fingerprint density at radius 2 is 2.40 bits per heavy atom. The lowest BCUT2D eigenvalue weighted by Crippen LogP contribution is -2.41. The second-order valence-corrected chi connectivity index (χ2v) is 6.06. The standard InChI is InChI=1S/C15H25N3O2/c1-4-16-14(18-8-7-15(2,3)11-18)17-10-12(19)13-6-5-9-20-13/h5-6,9,12,19H,4,7-8,10-11H2,1-3H3,(H,16,17). The van der Waals surface area contributed by atoms with Gasteiger partial charge in [0.15, 0.2) is 5.96 Å². The molecular formula is C15H25N3O2. The van der Waals surface area contributed by atoms with Gasteiger partial charge in [0.25, 0.3) is 0 Å². The van der Waals surface area contributed by atoms with Crippen molar-refractivity contribution in [3.05, 3.63) is 24.2 Å². The highest BCUT2D eigenvalue weighted by atomic mass is 16.4. The summed E-state index contributed by atoms with van der Waals surface area (Å²) in [7, 11) is 0. The fourth-order valence-corrected chi connectivity index (χ4v) is 2.46. The number of rotatable bonds is 4. The lowest BCUT2D eigenvalue weighted by atomic mass is 9.93. The number of aliphatic hydroxyl groups is 1. The van der Waals surface area contributed by atoms with Gasteiger partial charge in [0.05, 0.1) is 12.8 Å². The Hall–Kier alpha value is -1.49. The summed E-state index contributed by atoms with van der Waals surface area (Å²) in [5.74, 6) is 1.44. The molecule has 1 saturated heterocycles. The van der Waals surface area contributed by atoms with Gasteiger partial charge in [-0.05, 0) is 30.9 Å². The molecule has 2 heterocycles. The lowest BCUT2D eigenvalue weighted by molar-refractivity contribution is 0.158. The summed E-state index contributed by atoms with van der Waals surface area (Å²) in [5.41, 5.74) is 0.329. The van der Waals surface area contributed by atoms with Gasteiger partial charge in [-0.3, -0.25) is 0 Å². The van der Waals surface area contributed by atoms with Crippen molar-refractivity contribution in [2.75, 3.05) is 26.2 Å². The largest absolute Gasteiger partial charge is 0.467 e. The van der Waals surface area contributed by atoms with E-state index in [9.17, 15) is 5.11 Å². The van der Waals surface area contributed by atoms with Gasteiger partial charge < -0.3 is 19.7 Å². The maximum absolute atomic E-state index is 10.0. The average Bonchev–Trinajstić information content (AvgIpc) is 3.03. The summed E-state index contributed by atoms with van der Waals surface area (Å²) >= 11 is 0. The molecule has 0 amide bonds. The van der Waals surface area contributed by atoms with Crippen LogP contribution in [0.3, 0.4) is 0 Å². The number of nitrogens with one attached hydrogen (secondary N) is 1. The number of hydrogen-bond acceptors (Lipinski definition) is 3. The Labute approximate surface area is 120 Å². The maximum atomic E-state index is 10.0. The number of likely N-dealkylation sites (tertiary alicyclic amines) is 1. The van der Waals surface area contributed by atoms with E-state index in [1.807, 2.05) is 0 Å². The first kappa shape index (κ1) is 14.9. The van der Waals surface area contributed by atoms with Crippen LogP contribution in [-0.4, -0.2) is 42.1 Å². The van der Waals surface area contributed by atoms with Crippen molar-refractivity contribution >= 4 is 5.96 Å². The fourth-order valence-electron chi connectivity index (χ4n) is 2.46. The molecule has 0 aromatic carbocycles. The third kappa shape index (κ3) is 3.76. The minimum Gasteiger partial charge on any atom is -0.467 e. The summed E-state index contributed by atoms with van der Waals surface area (Å²) < 4.78 is 5.19. The minimum absolute atomic E-state index is 0.312. The van der Waals surface area contributed by atoms with Gasteiger partial charge in [0.2, 0.25) is 0 Å². The predicted octanol–water partition coefficient (Wildman–Crippen LogP) is 2.01. The molecule has 5 nitrogen and oxygen atoms in total. The van der Waals surface area contributed by atoms with Gasteiger partial charge in [0.1, 0.15) is 11.9 Å². The molecule has 0 radical (unpaired) electrons. The van der Waals surface area contributed by atoms with Crippen molar-refractivity contribution in [2.45, 2.75) is 33.3 Å². The number of aliphatic imine (C=N–C) groups is 1. The van der Waals surface area contributed by atoms with Crippen LogP contribution in [-0.2, 0) is 0 Å². The second-order valence-electron chi connectivity index (χ2n) is 6.06. The molecule has 1 aliphatic heterocycles. The summed E-state index contributed by atoms with van der Waals surface area (Å²) in [5, 5.41) is 13.3. The first-order valence-electron chi connectivity index (χ1n) is 7.26. The average molecular weight is 279 g/mol. The molecule has 0 bridgehead atoms. The molecular weight excluding hydrogens is 254 g/mol. The first-order chi connectivity index (χ1) is 9.52. The molecule has 1 aromatic heterocycles. The Morgan fingerprint density at radius 1 is 1.60 bits per heavy atom. The summed E-state index contributed by atoms with van der Waals surface area (Å²) in [6.45, 7) is 9.74. The lowest BCUT2D eigenvalue weighted by Gasteiger charge is -2.24. The van der Waals surface area contributed by atoms with Crippen LogP contribution in [0, 0.1) is 5.41 Å². The number of aliphatic hydroxyl groups excluding tert-OH is 1. The highest BCUT2D eigenvalue weighted by molar-refractivity contribution is 5.80. The van der Waals surface area contributed by atoms with Gasteiger partial charge in [-0.25, -0.2) is 4.99 Å². The van der Waals surface area contributed by atoms with E-state index in [1.165, 1.54) is 0 Å². The van der Waals surface area contributed by atoms with E-state index in [0.29, 0.717) is 17.7 Å². The number of nitrogens with zero attached hydrogens (tertiary/aromatic N) is 2. The van der Waals surface area contributed by atoms with Crippen LogP contribution in [0.15, 0.2) is 27.8 Å². The predicted molar refractivity (Wildman–Crippen MR) is 79.6 cm³/mol. The molecule has 5 heteroatoms. The van der Waals surface area contributed by atoms with Crippen LogP contribution in [0.4, 0.5) is 0 Å². The van der Waals surface area contributed by atoms with Crippen molar-refractivity contribution in [1.29, 1.82) is 0 Å². The molecule has 1 atom stereocenters. The SMILES string of the molecule is CCNC(=NCC(O)c1ccco1)N1CCC(C)(C)C1. The van der Waals surface area contributed by atoms with Gasteiger partial charge in [0, 0.05) is 19.6 Å².